The Morgan fingerprint density at radius 3 is 2.44 bits per heavy atom. The number of halogens is 1. The Bertz CT molecular complexity index is 791. The summed E-state index contributed by atoms with van der Waals surface area (Å²) in [6.45, 7) is 4.04. The van der Waals surface area contributed by atoms with Crippen LogP contribution in [0.4, 0.5) is 5.69 Å². The molecule has 0 saturated heterocycles. The smallest absolute Gasteiger partial charge is 0.338 e. The van der Waals surface area contributed by atoms with Gasteiger partial charge < -0.3 is 19.5 Å². The molecule has 0 spiro atoms. The molecule has 2 rings (SSSR count). The SMILES string of the molecule is COCCOC(=O)c1ccc(NC(=O)[C@H](C)Oc2ccc(Cl)cc2C)cc1. The lowest BCUT2D eigenvalue weighted by atomic mass is 10.2. The van der Waals surface area contributed by atoms with E-state index in [-0.39, 0.29) is 12.5 Å². The molecule has 27 heavy (non-hydrogen) atoms. The van der Waals surface area contributed by atoms with Crippen LogP contribution in [0.2, 0.25) is 5.02 Å². The number of carbonyl (C=O) groups excluding carboxylic acids is 2. The Balaban J connectivity index is 1.91. The van der Waals surface area contributed by atoms with E-state index in [9.17, 15) is 9.59 Å². The van der Waals surface area contributed by atoms with Crippen LogP contribution in [-0.4, -0.2) is 38.3 Å². The van der Waals surface area contributed by atoms with Crippen LogP contribution in [0.3, 0.4) is 0 Å². The van der Waals surface area contributed by atoms with E-state index in [2.05, 4.69) is 5.32 Å². The Hall–Kier alpha value is -2.57. The number of benzene rings is 2. The van der Waals surface area contributed by atoms with E-state index >= 15 is 0 Å². The molecular formula is C20H22ClNO5. The van der Waals surface area contributed by atoms with Gasteiger partial charge in [-0.15, -0.1) is 0 Å². The lowest BCUT2D eigenvalue weighted by Crippen LogP contribution is -2.30. The number of rotatable bonds is 8. The molecular weight excluding hydrogens is 370 g/mol. The standard InChI is InChI=1S/C20H22ClNO5/c1-13-12-16(21)6-9-18(13)27-14(2)19(23)22-17-7-4-15(5-8-17)20(24)26-11-10-25-3/h4-9,12,14H,10-11H2,1-3H3,(H,22,23)/t14-/m0/s1. The molecule has 2 aromatic rings. The molecule has 0 aromatic heterocycles. The Morgan fingerprint density at radius 1 is 1.11 bits per heavy atom. The molecule has 0 bridgehead atoms. The first kappa shape index (κ1) is 20.7. The molecule has 2 aromatic carbocycles. The monoisotopic (exact) mass is 391 g/mol. The normalized spacial score (nSPS) is 11.6. The van der Waals surface area contributed by atoms with Gasteiger partial charge in [0.1, 0.15) is 12.4 Å². The van der Waals surface area contributed by atoms with E-state index in [1.807, 2.05) is 6.92 Å². The second-order valence-electron chi connectivity index (χ2n) is 5.87. The number of methoxy groups -OCH3 is 1. The zero-order valence-corrected chi connectivity index (χ0v) is 16.2. The van der Waals surface area contributed by atoms with Crippen LogP contribution in [0.5, 0.6) is 5.75 Å². The summed E-state index contributed by atoms with van der Waals surface area (Å²) >= 11 is 5.92. The van der Waals surface area contributed by atoms with Gasteiger partial charge >= 0.3 is 5.97 Å². The van der Waals surface area contributed by atoms with Crippen LogP contribution >= 0.6 is 11.6 Å². The van der Waals surface area contributed by atoms with Gasteiger partial charge in [0.25, 0.3) is 5.91 Å². The number of hydrogen-bond donors (Lipinski definition) is 1. The van der Waals surface area contributed by atoms with Gasteiger partial charge in [0.15, 0.2) is 6.10 Å². The number of anilines is 1. The number of esters is 1. The fraction of sp³-hybridized carbons (Fsp3) is 0.300. The molecule has 1 atom stereocenters. The summed E-state index contributed by atoms with van der Waals surface area (Å²) in [5, 5.41) is 3.36. The van der Waals surface area contributed by atoms with Crippen LogP contribution in [0.1, 0.15) is 22.8 Å². The van der Waals surface area contributed by atoms with E-state index in [1.54, 1.807) is 49.4 Å². The van der Waals surface area contributed by atoms with Gasteiger partial charge in [0, 0.05) is 17.8 Å². The van der Waals surface area contributed by atoms with Gasteiger partial charge in [0.05, 0.1) is 12.2 Å². The average molecular weight is 392 g/mol. The molecule has 0 heterocycles. The molecule has 6 nitrogen and oxygen atoms in total. The van der Waals surface area contributed by atoms with Gasteiger partial charge in [-0.05, 0) is 61.9 Å². The summed E-state index contributed by atoms with van der Waals surface area (Å²) in [4.78, 5) is 24.1. The number of hydrogen-bond acceptors (Lipinski definition) is 5. The molecule has 0 aliphatic carbocycles. The molecule has 0 fully saturated rings. The first-order valence-electron chi connectivity index (χ1n) is 8.40. The third-order valence-electron chi connectivity index (χ3n) is 3.72. The van der Waals surface area contributed by atoms with Crippen molar-refractivity contribution in [1.82, 2.24) is 0 Å². The minimum absolute atomic E-state index is 0.187. The van der Waals surface area contributed by atoms with Gasteiger partial charge in [-0.25, -0.2) is 4.79 Å². The number of carbonyl (C=O) groups is 2. The maximum Gasteiger partial charge on any atom is 0.338 e. The van der Waals surface area contributed by atoms with E-state index in [1.165, 1.54) is 7.11 Å². The molecule has 144 valence electrons. The minimum atomic E-state index is -0.705. The van der Waals surface area contributed by atoms with Crippen molar-refractivity contribution in [2.75, 3.05) is 25.6 Å². The van der Waals surface area contributed by atoms with Crippen molar-refractivity contribution in [2.45, 2.75) is 20.0 Å². The summed E-state index contributed by atoms with van der Waals surface area (Å²) in [5.41, 5.74) is 1.79. The van der Waals surface area contributed by atoms with Crippen LogP contribution in [0.25, 0.3) is 0 Å². The molecule has 0 aliphatic heterocycles. The third-order valence-corrected chi connectivity index (χ3v) is 3.95. The van der Waals surface area contributed by atoms with Gasteiger partial charge in [0.2, 0.25) is 0 Å². The van der Waals surface area contributed by atoms with Gasteiger partial charge in [-0.2, -0.15) is 0 Å². The second kappa shape index (κ2) is 9.94. The van der Waals surface area contributed by atoms with Crippen molar-refractivity contribution in [3.8, 4) is 5.75 Å². The van der Waals surface area contributed by atoms with Crippen molar-refractivity contribution in [3.63, 3.8) is 0 Å². The highest BCUT2D eigenvalue weighted by molar-refractivity contribution is 6.30. The quantitative estimate of drug-likeness (QED) is 0.546. The van der Waals surface area contributed by atoms with Crippen LogP contribution < -0.4 is 10.1 Å². The number of amides is 1. The fourth-order valence-corrected chi connectivity index (χ4v) is 2.45. The summed E-state index contributed by atoms with van der Waals surface area (Å²) in [6, 6.07) is 11.6. The fourth-order valence-electron chi connectivity index (χ4n) is 2.22. The minimum Gasteiger partial charge on any atom is -0.481 e. The predicted molar refractivity (Wildman–Crippen MR) is 104 cm³/mol. The zero-order valence-electron chi connectivity index (χ0n) is 15.5. The average Bonchev–Trinajstić information content (AvgIpc) is 2.64. The van der Waals surface area contributed by atoms with E-state index in [0.29, 0.717) is 28.6 Å². The maximum absolute atomic E-state index is 12.3. The summed E-state index contributed by atoms with van der Waals surface area (Å²) in [7, 11) is 1.53. The molecule has 1 amide bonds. The van der Waals surface area contributed by atoms with E-state index in [4.69, 9.17) is 25.8 Å². The summed E-state index contributed by atoms with van der Waals surface area (Å²) in [5.74, 6) is -0.157. The molecule has 7 heteroatoms. The highest BCUT2D eigenvalue weighted by atomic mass is 35.5. The van der Waals surface area contributed by atoms with Gasteiger partial charge in [-0.1, -0.05) is 11.6 Å². The molecule has 1 N–H and O–H groups in total. The molecule has 0 aliphatic rings. The summed E-state index contributed by atoms with van der Waals surface area (Å²) in [6.07, 6.45) is -0.705. The second-order valence-corrected chi connectivity index (χ2v) is 6.30. The number of ether oxygens (including phenoxy) is 3. The number of nitrogens with one attached hydrogen (secondary N) is 1. The zero-order chi connectivity index (χ0) is 19.8. The lowest BCUT2D eigenvalue weighted by molar-refractivity contribution is -0.122. The Labute approximate surface area is 163 Å². The largest absolute Gasteiger partial charge is 0.481 e. The topological polar surface area (TPSA) is 73.9 Å². The Morgan fingerprint density at radius 2 is 1.81 bits per heavy atom. The Kier molecular flexibility index (Phi) is 7.64. The van der Waals surface area contributed by atoms with Crippen molar-refractivity contribution in [1.29, 1.82) is 0 Å². The lowest BCUT2D eigenvalue weighted by Gasteiger charge is -2.16. The highest BCUT2D eigenvalue weighted by Crippen LogP contribution is 2.23. The molecule has 0 saturated carbocycles. The highest BCUT2D eigenvalue weighted by Gasteiger charge is 2.16. The van der Waals surface area contributed by atoms with E-state index in [0.717, 1.165) is 5.56 Å². The van der Waals surface area contributed by atoms with Crippen LogP contribution in [0, 0.1) is 6.92 Å². The first-order valence-corrected chi connectivity index (χ1v) is 8.78. The van der Waals surface area contributed by atoms with Crippen LogP contribution in [-0.2, 0) is 14.3 Å². The number of aryl methyl sites for hydroxylation is 1. The first-order chi connectivity index (χ1) is 12.9. The summed E-state index contributed by atoms with van der Waals surface area (Å²) < 4.78 is 15.6. The van der Waals surface area contributed by atoms with Crippen molar-refractivity contribution < 1.29 is 23.8 Å². The van der Waals surface area contributed by atoms with Crippen molar-refractivity contribution in [3.05, 3.63) is 58.6 Å². The van der Waals surface area contributed by atoms with Crippen molar-refractivity contribution in [2.24, 2.45) is 0 Å². The molecule has 0 radical (unpaired) electrons. The maximum atomic E-state index is 12.3. The predicted octanol–water partition coefficient (Wildman–Crippen LogP) is 3.86. The van der Waals surface area contributed by atoms with E-state index < -0.39 is 12.1 Å². The van der Waals surface area contributed by atoms with Gasteiger partial charge in [-0.3, -0.25) is 4.79 Å². The van der Waals surface area contributed by atoms with Crippen LogP contribution in [0.15, 0.2) is 42.5 Å². The third kappa shape index (κ3) is 6.27. The molecule has 0 unspecified atom stereocenters. The van der Waals surface area contributed by atoms with Crippen molar-refractivity contribution >= 4 is 29.2 Å².